The first-order chi connectivity index (χ1) is 13.3. The molecule has 3 aromatic carbocycles. The third kappa shape index (κ3) is 4.48. The molecule has 1 amide bonds. The van der Waals surface area contributed by atoms with Crippen molar-refractivity contribution in [1.29, 1.82) is 0 Å². The summed E-state index contributed by atoms with van der Waals surface area (Å²) < 4.78 is 5.44. The summed E-state index contributed by atoms with van der Waals surface area (Å²) in [4.78, 5) is 20.9. The van der Waals surface area contributed by atoms with Gasteiger partial charge in [-0.3, -0.25) is 4.79 Å². The quantitative estimate of drug-likeness (QED) is 0.511. The molecule has 0 aliphatic carbocycles. The molecule has 0 unspecified atom stereocenters. The van der Waals surface area contributed by atoms with Gasteiger partial charge in [0.15, 0.2) is 11.8 Å². The van der Waals surface area contributed by atoms with Crippen LogP contribution in [0.4, 0.5) is 5.69 Å². The van der Waals surface area contributed by atoms with Gasteiger partial charge in [0, 0.05) is 10.6 Å². The van der Waals surface area contributed by atoms with Gasteiger partial charge in [0.2, 0.25) is 0 Å². The Labute approximate surface area is 160 Å². The van der Waals surface area contributed by atoms with Crippen LogP contribution in [0.2, 0.25) is 0 Å². The largest absolute Gasteiger partial charge is 0.484 e. The Bertz CT molecular complexity index is 1010. The number of ether oxygens (including phenoxy) is 1. The number of nitrogens with zero attached hydrogens (tertiary/aromatic N) is 1. The summed E-state index contributed by atoms with van der Waals surface area (Å²) in [6, 6.07) is 24.8. The molecule has 0 aliphatic heterocycles. The number of H-pyrrole nitrogens is 1. The Kier molecular flexibility index (Phi) is 5.07. The van der Waals surface area contributed by atoms with Gasteiger partial charge in [-0.15, -0.1) is 0 Å². The van der Waals surface area contributed by atoms with Crippen LogP contribution in [0.15, 0.2) is 88.9 Å². The van der Waals surface area contributed by atoms with Crippen molar-refractivity contribution in [3.05, 3.63) is 78.9 Å². The minimum absolute atomic E-state index is 0.0283. The Hall–Kier alpha value is -3.25. The van der Waals surface area contributed by atoms with E-state index in [4.69, 9.17) is 4.74 Å². The number of para-hydroxylation sites is 3. The summed E-state index contributed by atoms with van der Waals surface area (Å²) in [5.41, 5.74) is 2.69. The molecule has 0 saturated carbocycles. The summed E-state index contributed by atoms with van der Waals surface area (Å²) >= 11 is 1.54. The lowest BCUT2D eigenvalue weighted by molar-refractivity contribution is -0.118. The average Bonchev–Trinajstić information content (AvgIpc) is 3.11. The van der Waals surface area contributed by atoms with Crippen LogP contribution in [-0.2, 0) is 4.79 Å². The van der Waals surface area contributed by atoms with Crippen LogP contribution in [0.5, 0.6) is 5.75 Å². The lowest BCUT2D eigenvalue weighted by atomic mass is 10.3. The van der Waals surface area contributed by atoms with Crippen LogP contribution in [-0.4, -0.2) is 22.5 Å². The fourth-order valence-corrected chi connectivity index (χ4v) is 3.36. The highest BCUT2D eigenvalue weighted by atomic mass is 32.2. The van der Waals surface area contributed by atoms with E-state index in [2.05, 4.69) is 15.3 Å². The molecule has 0 saturated heterocycles. The normalized spacial score (nSPS) is 10.7. The molecular formula is C21H17N3O2S. The smallest absolute Gasteiger partial charge is 0.262 e. The van der Waals surface area contributed by atoms with Crippen molar-refractivity contribution in [1.82, 2.24) is 9.97 Å². The number of aromatic amines is 1. The summed E-state index contributed by atoms with van der Waals surface area (Å²) in [5, 5.41) is 3.67. The standard InChI is InChI=1S/C21H17N3O2S/c25-20(14-26-16-6-2-1-3-7-16)22-15-10-12-17(13-11-15)27-21-23-18-8-4-5-9-19(18)24-21/h1-13H,14H2,(H,22,25)(H,23,24). The molecule has 0 bridgehead atoms. The van der Waals surface area contributed by atoms with Crippen LogP contribution in [0.3, 0.4) is 0 Å². The molecule has 2 N–H and O–H groups in total. The first-order valence-electron chi connectivity index (χ1n) is 8.47. The van der Waals surface area contributed by atoms with Crippen LogP contribution in [0.1, 0.15) is 0 Å². The number of carbonyl (C=O) groups is 1. The monoisotopic (exact) mass is 375 g/mol. The van der Waals surface area contributed by atoms with Crippen LogP contribution in [0.25, 0.3) is 11.0 Å². The zero-order chi connectivity index (χ0) is 18.5. The van der Waals surface area contributed by atoms with Gasteiger partial charge in [-0.2, -0.15) is 0 Å². The van der Waals surface area contributed by atoms with Gasteiger partial charge < -0.3 is 15.0 Å². The molecule has 27 heavy (non-hydrogen) atoms. The van der Waals surface area contributed by atoms with E-state index in [-0.39, 0.29) is 12.5 Å². The molecular weight excluding hydrogens is 358 g/mol. The lowest BCUT2D eigenvalue weighted by Gasteiger charge is -2.08. The molecule has 4 aromatic rings. The fourth-order valence-electron chi connectivity index (χ4n) is 2.56. The van der Waals surface area contributed by atoms with E-state index in [1.165, 1.54) is 0 Å². The van der Waals surface area contributed by atoms with Crippen LogP contribution < -0.4 is 10.1 Å². The first kappa shape index (κ1) is 17.2. The molecule has 0 aliphatic rings. The summed E-state index contributed by atoms with van der Waals surface area (Å²) in [7, 11) is 0. The number of rotatable bonds is 6. The molecule has 0 atom stereocenters. The van der Waals surface area contributed by atoms with Gasteiger partial charge in [0.1, 0.15) is 5.75 Å². The van der Waals surface area contributed by atoms with E-state index in [1.807, 2.05) is 78.9 Å². The van der Waals surface area contributed by atoms with Crippen molar-refractivity contribution in [3.63, 3.8) is 0 Å². The molecule has 1 aromatic heterocycles. The van der Waals surface area contributed by atoms with Gasteiger partial charge in [-0.1, -0.05) is 42.1 Å². The van der Waals surface area contributed by atoms with Gasteiger partial charge >= 0.3 is 0 Å². The zero-order valence-corrected chi connectivity index (χ0v) is 15.2. The van der Waals surface area contributed by atoms with E-state index in [0.717, 1.165) is 26.8 Å². The van der Waals surface area contributed by atoms with Crippen LogP contribution in [0, 0.1) is 0 Å². The zero-order valence-electron chi connectivity index (χ0n) is 14.4. The fraction of sp³-hybridized carbons (Fsp3) is 0.0476. The minimum Gasteiger partial charge on any atom is -0.484 e. The number of fused-ring (bicyclic) bond motifs is 1. The second-order valence-corrected chi connectivity index (χ2v) is 6.90. The summed E-state index contributed by atoms with van der Waals surface area (Å²) in [6.07, 6.45) is 0. The van der Waals surface area contributed by atoms with Crippen molar-refractivity contribution in [2.24, 2.45) is 0 Å². The predicted octanol–water partition coefficient (Wildman–Crippen LogP) is 4.73. The van der Waals surface area contributed by atoms with Crippen molar-refractivity contribution in [2.45, 2.75) is 10.1 Å². The average molecular weight is 375 g/mol. The first-order valence-corrected chi connectivity index (χ1v) is 9.28. The Morgan fingerprint density at radius 2 is 1.70 bits per heavy atom. The number of imidazole rings is 1. The third-order valence-corrected chi connectivity index (χ3v) is 4.73. The van der Waals surface area contributed by atoms with Gasteiger partial charge in [0.25, 0.3) is 5.91 Å². The predicted molar refractivity (Wildman–Crippen MR) is 107 cm³/mol. The molecule has 0 spiro atoms. The SMILES string of the molecule is O=C(COc1ccccc1)Nc1ccc(Sc2nc3ccccc3[nH]2)cc1. The number of hydrogen-bond donors (Lipinski definition) is 2. The maximum atomic E-state index is 12.0. The molecule has 4 rings (SSSR count). The molecule has 134 valence electrons. The van der Waals surface area contributed by atoms with E-state index < -0.39 is 0 Å². The number of nitrogens with one attached hydrogen (secondary N) is 2. The molecule has 5 nitrogen and oxygen atoms in total. The Balaban J connectivity index is 1.33. The van der Waals surface area contributed by atoms with E-state index >= 15 is 0 Å². The number of benzene rings is 3. The van der Waals surface area contributed by atoms with E-state index in [9.17, 15) is 4.79 Å². The Morgan fingerprint density at radius 3 is 2.48 bits per heavy atom. The molecule has 0 fully saturated rings. The molecule has 1 heterocycles. The van der Waals surface area contributed by atoms with Gasteiger partial charge in [0.05, 0.1) is 11.0 Å². The summed E-state index contributed by atoms with van der Waals surface area (Å²) in [5.74, 6) is 0.474. The number of anilines is 1. The number of aromatic nitrogens is 2. The topological polar surface area (TPSA) is 67.0 Å². The van der Waals surface area contributed by atoms with Crippen molar-refractivity contribution in [3.8, 4) is 5.75 Å². The van der Waals surface area contributed by atoms with E-state index in [1.54, 1.807) is 11.8 Å². The highest BCUT2D eigenvalue weighted by Crippen LogP contribution is 2.28. The highest BCUT2D eigenvalue weighted by molar-refractivity contribution is 7.99. The van der Waals surface area contributed by atoms with Crippen molar-refractivity contribution in [2.75, 3.05) is 11.9 Å². The molecule has 0 radical (unpaired) electrons. The van der Waals surface area contributed by atoms with Crippen LogP contribution >= 0.6 is 11.8 Å². The second-order valence-electron chi connectivity index (χ2n) is 5.84. The second kappa shape index (κ2) is 7.97. The number of hydrogen-bond acceptors (Lipinski definition) is 4. The number of amides is 1. The molecule has 6 heteroatoms. The van der Waals surface area contributed by atoms with Crippen molar-refractivity contribution < 1.29 is 9.53 Å². The van der Waals surface area contributed by atoms with E-state index in [0.29, 0.717) is 5.75 Å². The maximum Gasteiger partial charge on any atom is 0.262 e. The third-order valence-electron chi connectivity index (χ3n) is 3.83. The van der Waals surface area contributed by atoms with Crippen molar-refractivity contribution >= 4 is 34.4 Å². The maximum absolute atomic E-state index is 12.0. The highest BCUT2D eigenvalue weighted by Gasteiger charge is 2.06. The Morgan fingerprint density at radius 1 is 0.963 bits per heavy atom. The number of carbonyl (C=O) groups excluding carboxylic acids is 1. The van der Waals surface area contributed by atoms with Gasteiger partial charge in [-0.25, -0.2) is 4.98 Å². The lowest BCUT2D eigenvalue weighted by Crippen LogP contribution is -2.20. The van der Waals surface area contributed by atoms with Gasteiger partial charge in [-0.05, 0) is 48.5 Å². The summed E-state index contributed by atoms with van der Waals surface area (Å²) in [6.45, 7) is -0.0283. The minimum atomic E-state index is -0.198.